The molecule has 0 spiro atoms. The summed E-state index contributed by atoms with van der Waals surface area (Å²) in [7, 11) is 0. The van der Waals surface area contributed by atoms with Crippen molar-refractivity contribution in [1.82, 2.24) is 20.1 Å². The van der Waals surface area contributed by atoms with Crippen LogP contribution in [0.15, 0.2) is 6.20 Å². The second kappa shape index (κ2) is 5.91. The van der Waals surface area contributed by atoms with Crippen molar-refractivity contribution in [2.75, 3.05) is 38.6 Å². The van der Waals surface area contributed by atoms with Gasteiger partial charge in [-0.2, -0.15) is 0 Å². The third-order valence-electron chi connectivity index (χ3n) is 2.95. The smallest absolute Gasteiger partial charge is 0.203 e. The van der Waals surface area contributed by atoms with Gasteiger partial charge in [0.25, 0.3) is 0 Å². The maximum absolute atomic E-state index is 5.59. The number of nitrogen functional groups attached to an aromatic ring is 1. The van der Waals surface area contributed by atoms with Gasteiger partial charge in [0.05, 0.1) is 23.1 Å². The molecule has 0 aliphatic carbocycles. The lowest BCUT2D eigenvalue weighted by Gasteiger charge is -2.25. The van der Waals surface area contributed by atoms with Gasteiger partial charge in [0.15, 0.2) is 5.01 Å². The van der Waals surface area contributed by atoms with Crippen LogP contribution in [0.25, 0.3) is 9.88 Å². The number of anilines is 1. The van der Waals surface area contributed by atoms with E-state index in [0.717, 1.165) is 54.2 Å². The maximum Gasteiger partial charge on any atom is 0.203 e. The average Bonchev–Trinajstić information content (AvgIpc) is 3.06. The van der Waals surface area contributed by atoms with Crippen molar-refractivity contribution in [2.24, 2.45) is 0 Å². The summed E-state index contributed by atoms with van der Waals surface area (Å²) < 4.78 is 5.34. The minimum Gasteiger partial charge on any atom is -0.379 e. The van der Waals surface area contributed by atoms with Gasteiger partial charge in [-0.1, -0.05) is 11.3 Å². The van der Waals surface area contributed by atoms with Crippen LogP contribution in [0, 0.1) is 0 Å². The zero-order chi connectivity index (χ0) is 13.1. The van der Waals surface area contributed by atoms with E-state index in [1.54, 1.807) is 11.3 Å². The Morgan fingerprint density at radius 1 is 1.26 bits per heavy atom. The van der Waals surface area contributed by atoms with Crippen LogP contribution in [0.4, 0.5) is 5.13 Å². The first-order valence-electron chi connectivity index (χ1n) is 6.15. The third kappa shape index (κ3) is 3.27. The van der Waals surface area contributed by atoms with Crippen molar-refractivity contribution in [1.29, 1.82) is 0 Å². The number of ether oxygens (including phenoxy) is 1. The number of morpholine rings is 1. The SMILES string of the molecule is Nc1nnc(-c2cnc(CCN3CCOCC3)s2)s1. The first kappa shape index (κ1) is 12.9. The minimum absolute atomic E-state index is 0.498. The van der Waals surface area contributed by atoms with Gasteiger partial charge >= 0.3 is 0 Å². The van der Waals surface area contributed by atoms with Crippen LogP contribution < -0.4 is 5.73 Å². The number of thiazole rings is 1. The van der Waals surface area contributed by atoms with Gasteiger partial charge in [-0.3, -0.25) is 4.90 Å². The van der Waals surface area contributed by atoms with Crippen molar-refractivity contribution in [3.05, 3.63) is 11.2 Å². The lowest BCUT2D eigenvalue weighted by Crippen LogP contribution is -2.37. The molecule has 0 unspecified atom stereocenters. The number of hydrogen-bond acceptors (Lipinski definition) is 8. The molecule has 3 heterocycles. The molecule has 19 heavy (non-hydrogen) atoms. The van der Waals surface area contributed by atoms with E-state index in [-0.39, 0.29) is 0 Å². The van der Waals surface area contributed by atoms with Crippen LogP contribution in [0.2, 0.25) is 0 Å². The molecule has 0 aromatic carbocycles. The minimum atomic E-state index is 0.498. The standard InChI is InChI=1S/C11H15N5OS2/c12-11-15-14-10(19-11)8-7-13-9(18-8)1-2-16-3-5-17-6-4-16/h7H,1-6H2,(H2,12,15). The molecule has 1 aliphatic rings. The molecule has 2 aromatic heterocycles. The first-order chi connectivity index (χ1) is 9.31. The van der Waals surface area contributed by atoms with Gasteiger partial charge in [0.2, 0.25) is 5.13 Å². The topological polar surface area (TPSA) is 77.2 Å². The Labute approximate surface area is 119 Å². The summed E-state index contributed by atoms with van der Waals surface area (Å²) in [5.74, 6) is 0. The van der Waals surface area contributed by atoms with E-state index >= 15 is 0 Å². The quantitative estimate of drug-likeness (QED) is 0.911. The van der Waals surface area contributed by atoms with E-state index in [4.69, 9.17) is 10.5 Å². The van der Waals surface area contributed by atoms with Crippen LogP contribution >= 0.6 is 22.7 Å². The van der Waals surface area contributed by atoms with Crippen molar-refractivity contribution in [3.63, 3.8) is 0 Å². The fraction of sp³-hybridized carbons (Fsp3) is 0.545. The summed E-state index contributed by atoms with van der Waals surface area (Å²) in [5.41, 5.74) is 5.59. The maximum atomic E-state index is 5.59. The van der Waals surface area contributed by atoms with Gasteiger partial charge in [0, 0.05) is 32.3 Å². The highest BCUT2D eigenvalue weighted by Crippen LogP contribution is 2.29. The Morgan fingerprint density at radius 2 is 2.11 bits per heavy atom. The molecule has 2 aromatic rings. The molecule has 8 heteroatoms. The fourth-order valence-electron chi connectivity index (χ4n) is 1.94. The molecule has 1 fully saturated rings. The highest BCUT2D eigenvalue weighted by atomic mass is 32.1. The Morgan fingerprint density at radius 3 is 2.84 bits per heavy atom. The van der Waals surface area contributed by atoms with Crippen LogP contribution in [0.3, 0.4) is 0 Å². The summed E-state index contributed by atoms with van der Waals surface area (Å²) in [5, 5.41) is 10.3. The second-order valence-electron chi connectivity index (χ2n) is 4.27. The predicted molar refractivity (Wildman–Crippen MR) is 76.4 cm³/mol. The summed E-state index contributed by atoms with van der Waals surface area (Å²) in [6, 6.07) is 0. The normalized spacial score (nSPS) is 16.8. The number of nitrogens with two attached hydrogens (primary N) is 1. The van der Waals surface area contributed by atoms with E-state index in [2.05, 4.69) is 20.1 Å². The molecule has 0 amide bonds. The van der Waals surface area contributed by atoms with Crippen LogP contribution in [0.5, 0.6) is 0 Å². The molecule has 1 saturated heterocycles. The number of aromatic nitrogens is 3. The van der Waals surface area contributed by atoms with Crippen molar-refractivity contribution in [2.45, 2.75) is 6.42 Å². The highest BCUT2D eigenvalue weighted by molar-refractivity contribution is 7.23. The van der Waals surface area contributed by atoms with Gasteiger partial charge < -0.3 is 10.5 Å². The molecular weight excluding hydrogens is 282 g/mol. The second-order valence-corrected chi connectivity index (χ2v) is 6.39. The molecule has 1 aliphatic heterocycles. The fourth-order valence-corrected chi connectivity index (χ4v) is 3.49. The Hall–Kier alpha value is -1.09. The van der Waals surface area contributed by atoms with Gasteiger partial charge in [0.1, 0.15) is 0 Å². The summed E-state index contributed by atoms with van der Waals surface area (Å²) in [6.07, 6.45) is 2.83. The summed E-state index contributed by atoms with van der Waals surface area (Å²) >= 11 is 3.07. The lowest BCUT2D eigenvalue weighted by atomic mass is 10.3. The average molecular weight is 297 g/mol. The number of hydrogen-bond donors (Lipinski definition) is 1. The largest absolute Gasteiger partial charge is 0.379 e. The first-order valence-corrected chi connectivity index (χ1v) is 7.79. The molecule has 102 valence electrons. The Bertz CT molecular complexity index is 535. The molecule has 6 nitrogen and oxygen atoms in total. The van der Waals surface area contributed by atoms with E-state index in [9.17, 15) is 0 Å². The zero-order valence-electron chi connectivity index (χ0n) is 10.4. The van der Waals surface area contributed by atoms with Crippen molar-refractivity contribution < 1.29 is 4.74 Å². The van der Waals surface area contributed by atoms with Gasteiger partial charge in [-0.25, -0.2) is 4.98 Å². The zero-order valence-corrected chi connectivity index (χ0v) is 12.0. The highest BCUT2D eigenvalue weighted by Gasteiger charge is 2.12. The molecule has 2 N–H and O–H groups in total. The van der Waals surface area contributed by atoms with Crippen LogP contribution in [-0.4, -0.2) is 52.9 Å². The molecule has 0 atom stereocenters. The number of nitrogens with zero attached hydrogens (tertiary/aromatic N) is 4. The van der Waals surface area contributed by atoms with Crippen LogP contribution in [-0.2, 0) is 11.2 Å². The molecule has 0 saturated carbocycles. The summed E-state index contributed by atoms with van der Waals surface area (Å²) in [4.78, 5) is 7.90. The molecular formula is C11H15N5OS2. The van der Waals surface area contributed by atoms with E-state index < -0.39 is 0 Å². The Balaban J connectivity index is 1.58. The van der Waals surface area contributed by atoms with Gasteiger partial charge in [-0.15, -0.1) is 21.5 Å². The summed E-state index contributed by atoms with van der Waals surface area (Å²) in [6.45, 7) is 4.76. The molecule has 0 radical (unpaired) electrons. The van der Waals surface area contributed by atoms with Crippen LogP contribution in [0.1, 0.15) is 5.01 Å². The van der Waals surface area contributed by atoms with E-state index in [1.807, 2.05) is 6.20 Å². The van der Waals surface area contributed by atoms with Crippen molar-refractivity contribution in [3.8, 4) is 9.88 Å². The Kier molecular flexibility index (Phi) is 4.02. The third-order valence-corrected chi connectivity index (χ3v) is 4.93. The predicted octanol–water partition coefficient (Wildman–Crippen LogP) is 1.12. The molecule has 0 bridgehead atoms. The molecule has 3 rings (SSSR count). The number of rotatable bonds is 4. The van der Waals surface area contributed by atoms with E-state index in [1.165, 1.54) is 11.3 Å². The monoisotopic (exact) mass is 297 g/mol. The van der Waals surface area contributed by atoms with E-state index in [0.29, 0.717) is 5.13 Å². The van der Waals surface area contributed by atoms with Crippen molar-refractivity contribution >= 4 is 27.8 Å². The lowest BCUT2D eigenvalue weighted by molar-refractivity contribution is 0.0384. The van der Waals surface area contributed by atoms with Gasteiger partial charge in [-0.05, 0) is 0 Å².